The number of aryl methyl sites for hydroxylation is 2. The van der Waals surface area contributed by atoms with Gasteiger partial charge >= 0.3 is 5.97 Å². The maximum atomic E-state index is 13.4. The number of aromatic carboxylic acids is 1. The van der Waals surface area contributed by atoms with Crippen molar-refractivity contribution in [3.63, 3.8) is 0 Å². The quantitative estimate of drug-likeness (QED) is 0.275. The van der Waals surface area contributed by atoms with Crippen LogP contribution in [0, 0.1) is 20.8 Å². The van der Waals surface area contributed by atoms with Gasteiger partial charge in [0.1, 0.15) is 5.57 Å². The zero-order valence-electron chi connectivity index (χ0n) is 18.8. The Morgan fingerprint density at radius 2 is 1.77 bits per heavy atom. The fourth-order valence-corrected chi connectivity index (χ4v) is 4.64. The van der Waals surface area contributed by atoms with Crippen LogP contribution in [-0.4, -0.2) is 32.6 Å². The highest BCUT2D eigenvalue weighted by atomic mass is 35.5. The minimum Gasteiger partial charge on any atom is -0.478 e. The summed E-state index contributed by atoms with van der Waals surface area (Å²) < 4.78 is 1.88. The fraction of sp³-hybridized carbons (Fsp3) is 0.120. The van der Waals surface area contributed by atoms with Crippen LogP contribution in [0.2, 0.25) is 10.0 Å². The van der Waals surface area contributed by atoms with Crippen LogP contribution in [0.3, 0.4) is 0 Å². The van der Waals surface area contributed by atoms with Crippen LogP contribution in [0.15, 0.2) is 48.0 Å². The van der Waals surface area contributed by atoms with Crippen molar-refractivity contribution in [2.24, 2.45) is 0 Å². The van der Waals surface area contributed by atoms with Crippen LogP contribution in [0.1, 0.15) is 32.9 Å². The summed E-state index contributed by atoms with van der Waals surface area (Å²) in [6.45, 7) is 5.56. The van der Waals surface area contributed by atoms with Crippen molar-refractivity contribution in [3.05, 3.63) is 86.2 Å². The van der Waals surface area contributed by atoms with Crippen LogP contribution >= 0.6 is 35.4 Å². The average molecular weight is 528 g/mol. The van der Waals surface area contributed by atoms with Crippen molar-refractivity contribution < 1.29 is 19.5 Å². The van der Waals surface area contributed by atoms with E-state index in [1.807, 2.05) is 31.4 Å². The lowest BCUT2D eigenvalue weighted by Gasteiger charge is -2.29. The Balaban J connectivity index is 1.81. The van der Waals surface area contributed by atoms with Gasteiger partial charge < -0.3 is 9.67 Å². The third-order valence-electron chi connectivity index (χ3n) is 5.74. The van der Waals surface area contributed by atoms with Gasteiger partial charge in [-0.1, -0.05) is 35.3 Å². The number of halogens is 2. The molecule has 1 aromatic heterocycles. The number of aromatic nitrogens is 1. The molecule has 1 aliphatic heterocycles. The standard InChI is InChI=1S/C25H19Cl2N3O4S/c1-12-7-8-15(24(33)34)11-20(12)29-13(2)9-16(14(29)3)10-17-22(31)28-25(35)30(23(17)32)19-6-4-5-18(26)21(19)27/h4-11H,1-3H3,(H,33,34)(H,28,31,35)/b17-10+. The second kappa shape index (κ2) is 9.30. The number of hydrogen-bond donors (Lipinski definition) is 2. The maximum absolute atomic E-state index is 13.4. The monoisotopic (exact) mass is 527 g/mol. The Hall–Kier alpha value is -3.46. The van der Waals surface area contributed by atoms with E-state index in [2.05, 4.69) is 5.32 Å². The molecule has 1 fully saturated rings. The molecule has 0 spiro atoms. The molecule has 2 aromatic carbocycles. The summed E-state index contributed by atoms with van der Waals surface area (Å²) in [5.74, 6) is -2.31. The van der Waals surface area contributed by atoms with Crippen LogP contribution in [0.4, 0.5) is 5.69 Å². The summed E-state index contributed by atoms with van der Waals surface area (Å²) in [6, 6.07) is 11.5. The first kappa shape index (κ1) is 24.7. The lowest BCUT2D eigenvalue weighted by molar-refractivity contribution is -0.122. The van der Waals surface area contributed by atoms with Crippen molar-refractivity contribution in [2.45, 2.75) is 20.8 Å². The number of thiocarbonyl (C=S) groups is 1. The number of anilines is 1. The number of benzene rings is 2. The van der Waals surface area contributed by atoms with Gasteiger partial charge in [0.2, 0.25) is 0 Å². The largest absolute Gasteiger partial charge is 0.478 e. The van der Waals surface area contributed by atoms with Crippen molar-refractivity contribution in [3.8, 4) is 5.69 Å². The molecule has 0 unspecified atom stereocenters. The van der Waals surface area contributed by atoms with Gasteiger partial charge in [-0.3, -0.25) is 19.8 Å². The molecule has 2 amide bonds. The zero-order valence-corrected chi connectivity index (χ0v) is 21.2. The molecule has 4 rings (SSSR count). The molecular formula is C25H19Cl2N3O4S. The second-order valence-electron chi connectivity index (χ2n) is 8.00. The normalized spacial score (nSPS) is 15.1. The number of carboxylic acid groups (broad SMARTS) is 1. The Kier molecular flexibility index (Phi) is 6.55. The van der Waals surface area contributed by atoms with Crippen LogP contribution in [0.25, 0.3) is 11.8 Å². The molecule has 1 aliphatic rings. The van der Waals surface area contributed by atoms with Crippen LogP contribution < -0.4 is 10.2 Å². The number of hydrogen-bond acceptors (Lipinski definition) is 4. The van der Waals surface area contributed by atoms with Gasteiger partial charge in [-0.25, -0.2) is 4.79 Å². The van der Waals surface area contributed by atoms with Crippen LogP contribution in [0.5, 0.6) is 0 Å². The van der Waals surface area contributed by atoms with E-state index in [1.54, 1.807) is 36.4 Å². The van der Waals surface area contributed by atoms with E-state index < -0.39 is 17.8 Å². The summed E-state index contributed by atoms with van der Waals surface area (Å²) in [6.07, 6.45) is 1.49. The fourth-order valence-electron chi connectivity index (χ4n) is 3.98. The summed E-state index contributed by atoms with van der Waals surface area (Å²) >= 11 is 17.7. The molecule has 1 saturated heterocycles. The van der Waals surface area contributed by atoms with Crippen molar-refractivity contribution >= 4 is 70.1 Å². The van der Waals surface area contributed by atoms with E-state index in [0.29, 0.717) is 11.3 Å². The van der Waals surface area contributed by atoms with E-state index in [9.17, 15) is 19.5 Å². The minimum atomic E-state index is -1.03. The first-order valence-corrected chi connectivity index (χ1v) is 11.6. The van der Waals surface area contributed by atoms with E-state index in [-0.39, 0.29) is 32.0 Å². The van der Waals surface area contributed by atoms with Crippen molar-refractivity contribution in [1.29, 1.82) is 0 Å². The van der Waals surface area contributed by atoms with E-state index in [1.165, 1.54) is 6.08 Å². The first-order chi connectivity index (χ1) is 16.5. The molecule has 0 atom stereocenters. The molecule has 2 heterocycles. The summed E-state index contributed by atoms with van der Waals surface area (Å²) in [7, 11) is 0. The molecule has 0 bridgehead atoms. The molecule has 10 heteroatoms. The minimum absolute atomic E-state index is 0.104. The highest BCUT2D eigenvalue weighted by Crippen LogP contribution is 2.35. The second-order valence-corrected chi connectivity index (χ2v) is 9.17. The third-order valence-corrected chi connectivity index (χ3v) is 6.83. The molecule has 0 saturated carbocycles. The van der Waals surface area contributed by atoms with E-state index >= 15 is 0 Å². The van der Waals surface area contributed by atoms with Gasteiger partial charge in [0.15, 0.2) is 5.11 Å². The smallest absolute Gasteiger partial charge is 0.335 e. The number of carbonyl (C=O) groups is 3. The van der Waals surface area contributed by atoms with Crippen molar-refractivity contribution in [2.75, 3.05) is 4.90 Å². The van der Waals surface area contributed by atoms with Gasteiger partial charge in [-0.2, -0.15) is 0 Å². The highest BCUT2D eigenvalue weighted by molar-refractivity contribution is 7.80. The zero-order chi connectivity index (χ0) is 25.6. The van der Waals surface area contributed by atoms with Gasteiger partial charge in [0, 0.05) is 17.1 Å². The molecule has 7 nitrogen and oxygen atoms in total. The molecule has 0 radical (unpaired) electrons. The molecule has 2 N–H and O–H groups in total. The van der Waals surface area contributed by atoms with Crippen molar-refractivity contribution in [1.82, 2.24) is 9.88 Å². The number of rotatable bonds is 4. The maximum Gasteiger partial charge on any atom is 0.335 e. The van der Waals surface area contributed by atoms with Crippen LogP contribution in [-0.2, 0) is 9.59 Å². The average Bonchev–Trinajstić information content (AvgIpc) is 3.07. The molecule has 35 heavy (non-hydrogen) atoms. The summed E-state index contributed by atoms with van der Waals surface area (Å²) in [5, 5.41) is 12.2. The highest BCUT2D eigenvalue weighted by Gasteiger charge is 2.36. The lowest BCUT2D eigenvalue weighted by atomic mass is 10.1. The van der Waals surface area contributed by atoms with Gasteiger partial charge in [-0.05, 0) is 80.5 Å². The predicted molar refractivity (Wildman–Crippen MR) is 140 cm³/mol. The SMILES string of the molecule is Cc1ccc(C(=O)O)cc1-n1c(C)cc(/C=C2\C(=O)NC(=S)N(c3cccc(Cl)c3Cl)C2=O)c1C. The first-order valence-electron chi connectivity index (χ1n) is 10.4. The Morgan fingerprint density at radius 3 is 2.46 bits per heavy atom. The Morgan fingerprint density at radius 1 is 1.06 bits per heavy atom. The lowest BCUT2D eigenvalue weighted by Crippen LogP contribution is -2.54. The predicted octanol–water partition coefficient (Wildman–Crippen LogP) is 5.24. The third kappa shape index (κ3) is 4.36. The topological polar surface area (TPSA) is 91.6 Å². The molecule has 0 aliphatic carbocycles. The Labute approximate surface area is 216 Å². The molecule has 3 aromatic rings. The number of carbonyl (C=O) groups excluding carboxylic acids is 2. The molecule has 178 valence electrons. The number of nitrogens with zero attached hydrogens (tertiary/aromatic N) is 2. The number of carboxylic acids is 1. The van der Waals surface area contributed by atoms with Gasteiger partial charge in [-0.15, -0.1) is 0 Å². The van der Waals surface area contributed by atoms with E-state index in [4.69, 9.17) is 35.4 Å². The van der Waals surface area contributed by atoms with E-state index in [0.717, 1.165) is 21.9 Å². The number of amides is 2. The number of nitrogens with one attached hydrogen (secondary N) is 1. The summed E-state index contributed by atoms with van der Waals surface area (Å²) in [4.78, 5) is 38.8. The summed E-state index contributed by atoms with van der Waals surface area (Å²) in [5.41, 5.74) is 3.98. The Bertz CT molecular complexity index is 1480. The van der Waals surface area contributed by atoms with Gasteiger partial charge in [0.05, 0.1) is 21.3 Å². The van der Waals surface area contributed by atoms with Gasteiger partial charge in [0.25, 0.3) is 11.8 Å². The molecular weight excluding hydrogens is 509 g/mol.